The quantitative estimate of drug-likeness (QED) is 0.0757. The van der Waals surface area contributed by atoms with Crippen molar-refractivity contribution in [1.82, 2.24) is 5.32 Å². The number of phenolic OH excluding ortho intramolecular Hbond substituents is 2. The molecule has 55 heavy (non-hydrogen) atoms. The molecule has 2 fully saturated rings. The number of nitrogens with one attached hydrogen (secondary N) is 1. The van der Waals surface area contributed by atoms with Crippen LogP contribution in [0.25, 0.3) is 12.2 Å². The molecule has 2 aromatic carbocycles. The third kappa shape index (κ3) is 12.0. The van der Waals surface area contributed by atoms with Gasteiger partial charge in [0, 0.05) is 20.1 Å². The Bertz CT molecular complexity index is 1710. The molecule has 2 aliphatic heterocycles. The predicted octanol–water partition coefficient (Wildman–Crippen LogP) is 0.416. The van der Waals surface area contributed by atoms with E-state index >= 15 is 0 Å². The molecule has 0 radical (unpaired) electrons. The zero-order valence-electron chi connectivity index (χ0n) is 30.6. The van der Waals surface area contributed by atoms with E-state index in [9.17, 15) is 55.2 Å². The van der Waals surface area contributed by atoms with Crippen LogP contribution >= 0.6 is 0 Å². The second-order valence-electron chi connectivity index (χ2n) is 12.3. The van der Waals surface area contributed by atoms with Crippen molar-refractivity contribution in [3.63, 3.8) is 0 Å². The number of ketones is 1. The molecule has 0 bridgehead atoms. The first-order valence-corrected chi connectivity index (χ1v) is 16.7. The molecular weight excluding hydrogens is 730 g/mol. The Labute approximate surface area is 316 Å². The third-order valence-electron chi connectivity index (χ3n) is 8.45. The third-order valence-corrected chi connectivity index (χ3v) is 8.45. The first kappa shape index (κ1) is 44.3. The molecule has 18 nitrogen and oxygen atoms in total. The van der Waals surface area contributed by atoms with E-state index in [1.807, 2.05) is 0 Å². The summed E-state index contributed by atoms with van der Waals surface area (Å²) in [5.41, 5.74) is 1.35. The van der Waals surface area contributed by atoms with Gasteiger partial charge in [-0.25, -0.2) is 4.79 Å². The van der Waals surface area contributed by atoms with Gasteiger partial charge in [-0.3, -0.25) is 9.59 Å². The van der Waals surface area contributed by atoms with Crippen LogP contribution in [-0.4, -0.2) is 148 Å². The van der Waals surface area contributed by atoms with E-state index in [0.717, 1.165) is 13.2 Å². The molecule has 0 aliphatic carbocycles. The van der Waals surface area contributed by atoms with E-state index in [0.29, 0.717) is 22.6 Å². The highest BCUT2D eigenvalue weighted by Crippen LogP contribution is 2.31. The number of hydrogen-bond donors (Lipinski definition) is 9. The lowest BCUT2D eigenvalue weighted by Gasteiger charge is -2.47. The van der Waals surface area contributed by atoms with E-state index < -0.39 is 85.4 Å². The lowest BCUT2D eigenvalue weighted by molar-refractivity contribution is -0.327. The Kier molecular flexibility index (Phi) is 16.6. The minimum Gasteiger partial charge on any atom is -0.508 e. The molecule has 4 unspecified atom stereocenters. The average Bonchev–Trinajstić information content (AvgIpc) is 3.15. The van der Waals surface area contributed by atoms with Gasteiger partial charge in [0.25, 0.3) is 0 Å². The van der Waals surface area contributed by atoms with Crippen LogP contribution in [-0.2, 0) is 33.3 Å². The summed E-state index contributed by atoms with van der Waals surface area (Å²) in [5.74, 6) is -1.89. The summed E-state index contributed by atoms with van der Waals surface area (Å²) >= 11 is 0. The number of benzene rings is 2. The first-order chi connectivity index (χ1) is 26.0. The number of carboxylic acids is 1. The van der Waals surface area contributed by atoms with Gasteiger partial charge in [-0.15, -0.1) is 0 Å². The number of methoxy groups -OCH3 is 3. The van der Waals surface area contributed by atoms with E-state index in [1.54, 1.807) is 43.3 Å². The van der Waals surface area contributed by atoms with Gasteiger partial charge in [-0.1, -0.05) is 24.3 Å². The standard InChI is InChI=1S/C21H20O6.C16H27NO11/c1-26-20-11-14(5-9-18(20)24)3-7-16(22)13-17(23)8-4-15-6-10-19(25)21(12-15)27-2;1-5-8(17-6(2)19)12(9(20)7(4-18)26-5)27-16-11(22)10(21)13(25-3)14(28-16)15(23)24/h3-13,22,24-25H,1-2H3;5,7-14,16,18,20-22H,4H2,1-3H3,(H,17,19)(H,23,24)/b7-3+,8-4+,16-13-;/t;5-,7?,8?,9+,10+,11?,12+,13-,14?,16+/m.0/s1. The minimum atomic E-state index is -1.70. The highest BCUT2D eigenvalue weighted by atomic mass is 16.7. The van der Waals surface area contributed by atoms with E-state index in [2.05, 4.69) is 5.32 Å². The van der Waals surface area contributed by atoms with Crippen LogP contribution < -0.4 is 14.8 Å². The highest BCUT2D eigenvalue weighted by Gasteiger charge is 2.52. The lowest BCUT2D eigenvalue weighted by Crippen LogP contribution is -2.67. The molecule has 0 aromatic heterocycles. The number of allylic oxidation sites excluding steroid dienone is 3. The number of amides is 1. The molecule has 4 rings (SSSR count). The smallest absolute Gasteiger partial charge is 0.335 e. The van der Waals surface area contributed by atoms with E-state index in [1.165, 1.54) is 45.4 Å². The molecule has 9 N–H and O–H groups in total. The largest absolute Gasteiger partial charge is 0.508 e. The average molecular weight is 778 g/mol. The summed E-state index contributed by atoms with van der Waals surface area (Å²) in [5, 5.41) is 81.2. The molecule has 2 aromatic rings. The summed E-state index contributed by atoms with van der Waals surface area (Å²) in [6.45, 7) is 2.28. The van der Waals surface area contributed by atoms with E-state index in [-0.39, 0.29) is 17.3 Å². The van der Waals surface area contributed by atoms with Crippen LogP contribution in [0.1, 0.15) is 25.0 Å². The van der Waals surface area contributed by atoms with Crippen LogP contribution in [0.4, 0.5) is 0 Å². The van der Waals surface area contributed by atoms with Crippen molar-refractivity contribution in [1.29, 1.82) is 0 Å². The number of ether oxygens (including phenoxy) is 6. The molecule has 2 saturated heterocycles. The lowest BCUT2D eigenvalue weighted by atomic mass is 9.92. The maximum Gasteiger partial charge on any atom is 0.335 e. The second-order valence-corrected chi connectivity index (χ2v) is 12.3. The molecule has 10 atom stereocenters. The van der Waals surface area contributed by atoms with Crippen molar-refractivity contribution < 1.29 is 83.7 Å². The molecular formula is C37H47NO17. The van der Waals surface area contributed by atoms with E-state index in [4.69, 9.17) is 28.4 Å². The number of phenols is 2. The number of aliphatic hydroxyl groups is 5. The summed E-state index contributed by atoms with van der Waals surface area (Å²) < 4.78 is 31.2. The fourth-order valence-corrected chi connectivity index (χ4v) is 5.65. The van der Waals surface area contributed by atoms with Gasteiger partial charge in [0.2, 0.25) is 5.91 Å². The van der Waals surface area contributed by atoms with Crippen molar-refractivity contribution >= 4 is 29.8 Å². The number of carbonyl (C=O) groups is 3. The molecule has 0 saturated carbocycles. The zero-order chi connectivity index (χ0) is 41.0. The number of rotatable bonds is 13. The molecule has 2 aliphatic rings. The first-order valence-electron chi connectivity index (χ1n) is 16.7. The van der Waals surface area contributed by atoms with Crippen molar-refractivity contribution in [3.05, 3.63) is 71.5 Å². The molecule has 1 amide bonds. The van der Waals surface area contributed by atoms with Crippen molar-refractivity contribution in [2.45, 2.75) is 75.0 Å². The molecule has 0 spiro atoms. The molecule has 18 heteroatoms. The summed E-state index contributed by atoms with van der Waals surface area (Å²) in [4.78, 5) is 34.9. The van der Waals surface area contributed by atoms with Gasteiger partial charge in [-0.2, -0.15) is 0 Å². The Morgan fingerprint density at radius 2 is 1.38 bits per heavy atom. The maximum absolute atomic E-state index is 11.9. The van der Waals surface area contributed by atoms with Crippen LogP contribution in [0.5, 0.6) is 23.0 Å². The SMILES string of the molecule is CO[C@@H]1C(C(=O)O)O[C@@H](O[C@@H]2C(NC(C)=O)[C@H](C)OC(CO)[C@H]2O)C(O)[C@H]1O.COc1cc(/C=C/C(=O)/C=C(O)/C=C/c2ccc(O)c(OC)c2)ccc1O. The topological polar surface area (TPSA) is 280 Å². The number of carbonyl (C=O) groups excluding carboxylic acids is 2. The van der Waals surface area contributed by atoms with Crippen LogP contribution in [0.3, 0.4) is 0 Å². The predicted molar refractivity (Wildman–Crippen MR) is 192 cm³/mol. The summed E-state index contributed by atoms with van der Waals surface area (Å²) in [7, 11) is 4.03. The highest BCUT2D eigenvalue weighted by molar-refractivity contribution is 6.02. The summed E-state index contributed by atoms with van der Waals surface area (Å²) in [6.07, 6.45) is -5.54. The van der Waals surface area contributed by atoms with Gasteiger partial charge in [0.1, 0.15) is 42.4 Å². The number of aliphatic hydroxyl groups excluding tert-OH is 5. The maximum atomic E-state index is 11.9. The van der Waals surface area contributed by atoms with Crippen LogP contribution in [0, 0.1) is 0 Å². The Morgan fingerprint density at radius 1 is 0.818 bits per heavy atom. The van der Waals surface area contributed by atoms with Gasteiger partial charge in [-0.05, 0) is 54.5 Å². The van der Waals surface area contributed by atoms with Crippen LogP contribution in [0.2, 0.25) is 0 Å². The van der Waals surface area contributed by atoms with Crippen molar-refractivity contribution in [2.75, 3.05) is 27.9 Å². The number of carboxylic acid groups (broad SMARTS) is 1. The number of aliphatic carboxylic acids is 1. The van der Waals surface area contributed by atoms with Gasteiger partial charge in [0.15, 0.2) is 41.2 Å². The van der Waals surface area contributed by atoms with Gasteiger partial charge >= 0.3 is 5.97 Å². The normalized spacial score (nSPS) is 28.3. The summed E-state index contributed by atoms with van der Waals surface area (Å²) in [6, 6.07) is 8.49. The second kappa shape index (κ2) is 20.6. The number of aromatic hydroxyl groups is 2. The van der Waals surface area contributed by atoms with Gasteiger partial charge in [0.05, 0.1) is 33.0 Å². The zero-order valence-corrected chi connectivity index (χ0v) is 30.6. The Hall–Kier alpha value is -5.05. The number of hydrogen-bond acceptors (Lipinski definition) is 16. The Morgan fingerprint density at radius 3 is 1.87 bits per heavy atom. The van der Waals surface area contributed by atoms with Crippen molar-refractivity contribution in [3.8, 4) is 23.0 Å². The van der Waals surface area contributed by atoms with Crippen molar-refractivity contribution in [2.24, 2.45) is 0 Å². The fourth-order valence-electron chi connectivity index (χ4n) is 5.65. The Balaban J connectivity index is 0.000000296. The van der Waals surface area contributed by atoms with Gasteiger partial charge < -0.3 is 74.6 Å². The monoisotopic (exact) mass is 777 g/mol. The van der Waals surface area contributed by atoms with Crippen LogP contribution in [0.15, 0.2) is 60.4 Å². The fraction of sp³-hybridized carbons (Fsp3) is 0.432. The molecule has 302 valence electrons. The minimum absolute atomic E-state index is 0.00881. The molecule has 2 heterocycles.